The molecule has 26 heavy (non-hydrogen) atoms. The highest BCUT2D eigenvalue weighted by Gasteiger charge is 2.06. The zero-order valence-corrected chi connectivity index (χ0v) is 15.2. The molecule has 0 atom stereocenters. The minimum atomic E-state index is -0.542. The second-order valence-corrected chi connectivity index (χ2v) is 6.01. The average Bonchev–Trinajstić information content (AvgIpc) is 2.62. The predicted molar refractivity (Wildman–Crippen MR) is 102 cm³/mol. The lowest BCUT2D eigenvalue weighted by Crippen LogP contribution is -2.28. The maximum Gasteiger partial charge on any atom is 0.411 e. The van der Waals surface area contributed by atoms with E-state index in [1.54, 1.807) is 24.3 Å². The smallest absolute Gasteiger partial charge is 0.411 e. The van der Waals surface area contributed by atoms with Crippen LogP contribution in [0.5, 0.6) is 0 Å². The predicted octanol–water partition coefficient (Wildman–Crippen LogP) is 3.25. The lowest BCUT2D eigenvalue weighted by Gasteiger charge is -2.15. The molecule has 0 heterocycles. The molecule has 3 N–H and O–H groups in total. The van der Waals surface area contributed by atoms with Crippen LogP contribution in [0.1, 0.15) is 11.1 Å². The van der Waals surface area contributed by atoms with Crippen LogP contribution in [0.25, 0.3) is 0 Å². The Kier molecular flexibility index (Phi) is 6.99. The van der Waals surface area contributed by atoms with Crippen LogP contribution in [0.3, 0.4) is 0 Å². The quantitative estimate of drug-likeness (QED) is 0.742. The molecule has 7 nitrogen and oxygen atoms in total. The number of amides is 3. The fourth-order valence-electron chi connectivity index (χ4n) is 2.38. The normalized spacial score (nSPS) is 10.3. The van der Waals surface area contributed by atoms with Gasteiger partial charge in [-0.3, -0.25) is 5.32 Å². The van der Waals surface area contributed by atoms with Gasteiger partial charge in [0.05, 0.1) is 7.11 Å². The molecule has 0 saturated carbocycles. The third-order valence-corrected chi connectivity index (χ3v) is 3.62. The van der Waals surface area contributed by atoms with E-state index in [-0.39, 0.29) is 6.03 Å². The highest BCUT2D eigenvalue weighted by atomic mass is 16.5. The molecular weight excluding hydrogens is 332 g/mol. The van der Waals surface area contributed by atoms with Gasteiger partial charge in [0.25, 0.3) is 0 Å². The van der Waals surface area contributed by atoms with Crippen LogP contribution in [0.4, 0.5) is 21.0 Å². The lowest BCUT2D eigenvalue weighted by molar-refractivity contribution is 0.187. The number of anilines is 2. The first-order valence-electron chi connectivity index (χ1n) is 8.19. The maximum atomic E-state index is 12.1. The Labute approximate surface area is 153 Å². The second kappa shape index (κ2) is 9.43. The number of hydrogen-bond acceptors (Lipinski definition) is 4. The van der Waals surface area contributed by atoms with Gasteiger partial charge in [0.15, 0.2) is 0 Å². The standard InChI is InChI=1S/C19H24N4O3/c1-23(2)13-15-7-5-4-6-14(15)12-20-18(24)21-16-8-10-17(11-9-16)22-19(25)26-3/h4-11H,12-13H2,1-3H3,(H,22,25)(H2,20,21,24). The van der Waals surface area contributed by atoms with E-state index >= 15 is 0 Å². The third-order valence-electron chi connectivity index (χ3n) is 3.62. The molecule has 7 heteroatoms. The Morgan fingerprint density at radius 1 is 0.923 bits per heavy atom. The summed E-state index contributed by atoms with van der Waals surface area (Å²) in [6.45, 7) is 1.26. The number of ether oxygens (including phenoxy) is 1. The molecule has 0 aromatic heterocycles. The maximum absolute atomic E-state index is 12.1. The van der Waals surface area contributed by atoms with Crippen LogP contribution >= 0.6 is 0 Å². The van der Waals surface area contributed by atoms with Crippen LogP contribution in [0, 0.1) is 0 Å². The molecule has 0 aliphatic carbocycles. The number of benzene rings is 2. The molecule has 2 aromatic rings. The lowest BCUT2D eigenvalue weighted by atomic mass is 10.1. The van der Waals surface area contributed by atoms with Crippen LogP contribution in [0.2, 0.25) is 0 Å². The summed E-state index contributed by atoms with van der Waals surface area (Å²) in [5.74, 6) is 0. The van der Waals surface area contributed by atoms with Crippen LogP contribution in [-0.2, 0) is 17.8 Å². The summed E-state index contributed by atoms with van der Waals surface area (Å²) in [7, 11) is 5.32. The fourth-order valence-corrected chi connectivity index (χ4v) is 2.38. The Hall–Kier alpha value is -3.06. The molecule has 0 aliphatic heterocycles. The van der Waals surface area contributed by atoms with Crippen molar-refractivity contribution in [3.05, 3.63) is 59.7 Å². The fraction of sp³-hybridized carbons (Fsp3) is 0.263. The Balaban J connectivity index is 1.88. The van der Waals surface area contributed by atoms with E-state index in [1.807, 2.05) is 32.3 Å². The Morgan fingerprint density at radius 3 is 2.08 bits per heavy atom. The summed E-state index contributed by atoms with van der Waals surface area (Å²) in [4.78, 5) is 25.3. The first kappa shape index (κ1) is 19.3. The molecule has 138 valence electrons. The van der Waals surface area contributed by atoms with E-state index in [4.69, 9.17) is 0 Å². The van der Waals surface area contributed by atoms with Crippen LogP contribution in [-0.4, -0.2) is 38.2 Å². The molecule has 0 fully saturated rings. The van der Waals surface area contributed by atoms with Gasteiger partial charge in [0, 0.05) is 24.5 Å². The van der Waals surface area contributed by atoms with Gasteiger partial charge in [-0.2, -0.15) is 0 Å². The summed E-state index contributed by atoms with van der Waals surface area (Å²) < 4.78 is 4.52. The number of methoxy groups -OCH3 is 1. The third kappa shape index (κ3) is 6.10. The summed E-state index contributed by atoms with van der Waals surface area (Å²) in [5, 5.41) is 8.17. The molecule has 0 unspecified atom stereocenters. The van der Waals surface area contributed by atoms with E-state index in [9.17, 15) is 9.59 Å². The van der Waals surface area contributed by atoms with Gasteiger partial charge in [-0.05, 0) is 49.5 Å². The van der Waals surface area contributed by atoms with Crippen molar-refractivity contribution in [2.45, 2.75) is 13.1 Å². The first-order chi connectivity index (χ1) is 12.5. The van der Waals surface area contributed by atoms with Crippen molar-refractivity contribution in [1.29, 1.82) is 0 Å². The van der Waals surface area contributed by atoms with Gasteiger partial charge in [-0.1, -0.05) is 24.3 Å². The second-order valence-electron chi connectivity index (χ2n) is 6.01. The number of hydrogen-bond donors (Lipinski definition) is 3. The van der Waals surface area contributed by atoms with Crippen molar-refractivity contribution in [2.75, 3.05) is 31.8 Å². The van der Waals surface area contributed by atoms with Gasteiger partial charge < -0.3 is 20.3 Å². The number of rotatable bonds is 6. The van der Waals surface area contributed by atoms with Crippen molar-refractivity contribution in [1.82, 2.24) is 10.2 Å². The van der Waals surface area contributed by atoms with Crippen molar-refractivity contribution >= 4 is 23.5 Å². The minimum absolute atomic E-state index is 0.293. The van der Waals surface area contributed by atoms with Crippen LogP contribution in [0.15, 0.2) is 48.5 Å². The molecule has 2 aromatic carbocycles. The topological polar surface area (TPSA) is 82.7 Å². The van der Waals surface area contributed by atoms with Gasteiger partial charge >= 0.3 is 12.1 Å². The van der Waals surface area contributed by atoms with Gasteiger partial charge in [0.1, 0.15) is 0 Å². The first-order valence-corrected chi connectivity index (χ1v) is 8.19. The van der Waals surface area contributed by atoms with Crippen LogP contribution < -0.4 is 16.0 Å². The molecule has 3 amide bonds. The van der Waals surface area contributed by atoms with Gasteiger partial charge in [-0.25, -0.2) is 9.59 Å². The molecule has 0 radical (unpaired) electrons. The SMILES string of the molecule is COC(=O)Nc1ccc(NC(=O)NCc2ccccc2CN(C)C)cc1. The molecule has 0 aliphatic rings. The largest absolute Gasteiger partial charge is 0.453 e. The van der Waals surface area contributed by atoms with Crippen molar-refractivity contribution < 1.29 is 14.3 Å². The highest BCUT2D eigenvalue weighted by Crippen LogP contribution is 2.14. The zero-order chi connectivity index (χ0) is 18.9. The number of carbonyl (C=O) groups excluding carboxylic acids is 2. The monoisotopic (exact) mass is 356 g/mol. The number of urea groups is 1. The molecule has 0 bridgehead atoms. The summed E-state index contributed by atoms with van der Waals surface area (Å²) in [5.41, 5.74) is 3.46. The van der Waals surface area contributed by atoms with E-state index in [0.717, 1.165) is 12.1 Å². The molecule has 0 saturated heterocycles. The van der Waals surface area contributed by atoms with Gasteiger partial charge in [-0.15, -0.1) is 0 Å². The van der Waals surface area contributed by atoms with Crippen molar-refractivity contribution in [3.8, 4) is 0 Å². The van der Waals surface area contributed by atoms with Crippen molar-refractivity contribution in [3.63, 3.8) is 0 Å². The molecule has 2 rings (SSSR count). The van der Waals surface area contributed by atoms with E-state index in [0.29, 0.717) is 17.9 Å². The Morgan fingerprint density at radius 2 is 1.50 bits per heavy atom. The minimum Gasteiger partial charge on any atom is -0.453 e. The van der Waals surface area contributed by atoms with Crippen molar-refractivity contribution in [2.24, 2.45) is 0 Å². The molecule has 0 spiro atoms. The molecular formula is C19H24N4O3. The summed E-state index contributed by atoms with van der Waals surface area (Å²) in [6.07, 6.45) is -0.542. The number of carbonyl (C=O) groups is 2. The highest BCUT2D eigenvalue weighted by molar-refractivity contribution is 5.90. The Bertz CT molecular complexity index is 745. The summed E-state index contributed by atoms with van der Waals surface area (Å²) >= 11 is 0. The van der Waals surface area contributed by atoms with E-state index in [1.165, 1.54) is 12.7 Å². The number of nitrogens with zero attached hydrogens (tertiary/aromatic N) is 1. The van der Waals surface area contributed by atoms with E-state index in [2.05, 4.69) is 31.7 Å². The van der Waals surface area contributed by atoms with Gasteiger partial charge in [0.2, 0.25) is 0 Å². The summed E-state index contributed by atoms with van der Waals surface area (Å²) in [6, 6.07) is 14.5. The average molecular weight is 356 g/mol. The zero-order valence-electron chi connectivity index (χ0n) is 15.2. The number of nitrogens with one attached hydrogen (secondary N) is 3. The van der Waals surface area contributed by atoms with E-state index < -0.39 is 6.09 Å².